The van der Waals surface area contributed by atoms with Crippen LogP contribution in [0.15, 0.2) is 16.6 Å². The van der Waals surface area contributed by atoms with Crippen LogP contribution in [0.5, 0.6) is 11.5 Å². The molecule has 0 fully saturated rings. The van der Waals surface area contributed by atoms with Crippen LogP contribution < -0.4 is 14.8 Å². The average Bonchev–Trinajstić information content (AvgIpc) is 2.37. The Morgan fingerprint density at radius 1 is 1.39 bits per heavy atom. The van der Waals surface area contributed by atoms with Crippen molar-refractivity contribution >= 4 is 21.8 Å². The number of halogens is 1. The van der Waals surface area contributed by atoms with Gasteiger partial charge in [0.1, 0.15) is 11.5 Å². The molecule has 0 aromatic heterocycles. The zero-order valence-electron chi connectivity index (χ0n) is 11.0. The summed E-state index contributed by atoms with van der Waals surface area (Å²) < 4.78 is 11.1. The molecule has 1 amide bonds. The third-order valence-electron chi connectivity index (χ3n) is 2.69. The van der Waals surface area contributed by atoms with E-state index in [0.717, 1.165) is 6.42 Å². The molecule has 0 spiro atoms. The highest BCUT2D eigenvalue weighted by atomic mass is 79.9. The highest BCUT2D eigenvalue weighted by Gasteiger charge is 2.18. The minimum absolute atomic E-state index is 0.118. The molecule has 0 saturated carbocycles. The molecule has 0 heterocycles. The van der Waals surface area contributed by atoms with Crippen LogP contribution in [0.3, 0.4) is 0 Å². The predicted octanol–water partition coefficient (Wildman–Crippen LogP) is 2.99. The van der Waals surface area contributed by atoms with Crippen molar-refractivity contribution in [2.75, 3.05) is 14.2 Å². The maximum Gasteiger partial charge on any atom is 0.255 e. The van der Waals surface area contributed by atoms with Gasteiger partial charge in [0.25, 0.3) is 5.91 Å². The minimum atomic E-state index is -0.166. The molecule has 1 atom stereocenters. The van der Waals surface area contributed by atoms with Crippen molar-refractivity contribution in [1.29, 1.82) is 0 Å². The van der Waals surface area contributed by atoms with Crippen molar-refractivity contribution in [3.63, 3.8) is 0 Å². The molecule has 0 aliphatic carbocycles. The van der Waals surface area contributed by atoms with E-state index in [-0.39, 0.29) is 11.9 Å². The number of amides is 1. The number of rotatable bonds is 5. The Morgan fingerprint density at radius 2 is 2.06 bits per heavy atom. The normalized spacial score (nSPS) is 11.8. The monoisotopic (exact) mass is 315 g/mol. The number of hydrogen-bond donors (Lipinski definition) is 1. The zero-order valence-corrected chi connectivity index (χ0v) is 12.6. The van der Waals surface area contributed by atoms with Crippen molar-refractivity contribution in [1.82, 2.24) is 5.32 Å². The fourth-order valence-corrected chi connectivity index (χ4v) is 2.07. The van der Waals surface area contributed by atoms with Gasteiger partial charge >= 0.3 is 0 Å². The average molecular weight is 316 g/mol. The third-order valence-corrected chi connectivity index (χ3v) is 3.28. The summed E-state index contributed by atoms with van der Waals surface area (Å²) in [5.41, 5.74) is 0.462. The highest BCUT2D eigenvalue weighted by Crippen LogP contribution is 2.33. The van der Waals surface area contributed by atoms with E-state index in [1.165, 1.54) is 7.11 Å². The van der Waals surface area contributed by atoms with Gasteiger partial charge in [-0.1, -0.05) is 6.92 Å². The molecule has 0 aliphatic rings. The number of benzene rings is 1. The van der Waals surface area contributed by atoms with Gasteiger partial charge in [-0.15, -0.1) is 0 Å². The molecule has 1 aromatic carbocycles. The summed E-state index contributed by atoms with van der Waals surface area (Å²) in [6, 6.07) is 3.55. The van der Waals surface area contributed by atoms with E-state index in [1.54, 1.807) is 19.2 Å². The van der Waals surface area contributed by atoms with Crippen LogP contribution in [0.25, 0.3) is 0 Å². The largest absolute Gasteiger partial charge is 0.497 e. The second-order valence-electron chi connectivity index (χ2n) is 3.97. The summed E-state index contributed by atoms with van der Waals surface area (Å²) in [5, 5.41) is 2.90. The van der Waals surface area contributed by atoms with Crippen LogP contribution in [-0.2, 0) is 0 Å². The SMILES string of the molecule is CCC(C)NC(=O)c1cc(OC)cc(Br)c1OC. The molecule has 100 valence electrons. The molecule has 0 aliphatic heterocycles. The summed E-state index contributed by atoms with van der Waals surface area (Å²) in [7, 11) is 3.09. The van der Waals surface area contributed by atoms with Crippen LogP contribution in [0.4, 0.5) is 0 Å². The van der Waals surface area contributed by atoms with E-state index in [2.05, 4.69) is 21.2 Å². The predicted molar refractivity (Wildman–Crippen MR) is 74.5 cm³/mol. The summed E-state index contributed by atoms with van der Waals surface area (Å²) in [6.07, 6.45) is 0.874. The Hall–Kier alpha value is -1.23. The molecule has 0 bridgehead atoms. The topological polar surface area (TPSA) is 47.6 Å². The van der Waals surface area contributed by atoms with Crippen LogP contribution in [0.2, 0.25) is 0 Å². The molecule has 1 N–H and O–H groups in total. The number of nitrogens with one attached hydrogen (secondary N) is 1. The van der Waals surface area contributed by atoms with Gasteiger partial charge in [-0.25, -0.2) is 0 Å². The standard InChI is InChI=1S/C13H18BrNO3/c1-5-8(2)15-13(16)10-6-9(17-3)7-11(14)12(10)18-4/h6-8H,5H2,1-4H3,(H,15,16). The number of carbonyl (C=O) groups excluding carboxylic acids is 1. The zero-order chi connectivity index (χ0) is 13.7. The first-order valence-corrected chi connectivity index (χ1v) is 6.55. The van der Waals surface area contributed by atoms with E-state index in [0.29, 0.717) is 21.5 Å². The van der Waals surface area contributed by atoms with E-state index in [4.69, 9.17) is 9.47 Å². The third kappa shape index (κ3) is 3.38. The van der Waals surface area contributed by atoms with Crippen LogP contribution in [-0.4, -0.2) is 26.2 Å². The second kappa shape index (κ2) is 6.64. The molecule has 18 heavy (non-hydrogen) atoms. The lowest BCUT2D eigenvalue weighted by Gasteiger charge is -2.15. The van der Waals surface area contributed by atoms with Crippen LogP contribution >= 0.6 is 15.9 Å². The Morgan fingerprint density at radius 3 is 2.56 bits per heavy atom. The second-order valence-corrected chi connectivity index (χ2v) is 4.83. The Balaban J connectivity index is 3.12. The number of ether oxygens (including phenoxy) is 2. The summed E-state index contributed by atoms with van der Waals surface area (Å²) in [4.78, 5) is 12.1. The molecule has 1 rings (SSSR count). The van der Waals surface area contributed by atoms with Gasteiger partial charge in [-0.3, -0.25) is 4.79 Å². The van der Waals surface area contributed by atoms with Gasteiger partial charge in [-0.2, -0.15) is 0 Å². The van der Waals surface area contributed by atoms with Gasteiger partial charge in [-0.05, 0) is 41.4 Å². The van der Waals surface area contributed by atoms with Gasteiger partial charge in [0.15, 0.2) is 0 Å². The lowest BCUT2D eigenvalue weighted by molar-refractivity contribution is 0.0935. The molecule has 0 saturated heterocycles. The minimum Gasteiger partial charge on any atom is -0.497 e. The first-order valence-electron chi connectivity index (χ1n) is 5.75. The Kier molecular flexibility index (Phi) is 5.47. The smallest absolute Gasteiger partial charge is 0.255 e. The van der Waals surface area contributed by atoms with Crippen LogP contribution in [0.1, 0.15) is 30.6 Å². The molecule has 5 heteroatoms. The lowest BCUT2D eigenvalue weighted by Crippen LogP contribution is -2.32. The lowest BCUT2D eigenvalue weighted by atomic mass is 10.1. The number of methoxy groups -OCH3 is 2. The maximum absolute atomic E-state index is 12.1. The highest BCUT2D eigenvalue weighted by molar-refractivity contribution is 9.10. The molecule has 4 nitrogen and oxygen atoms in total. The van der Waals surface area contributed by atoms with E-state index in [1.807, 2.05) is 13.8 Å². The number of carbonyl (C=O) groups is 1. The van der Waals surface area contributed by atoms with Gasteiger partial charge < -0.3 is 14.8 Å². The summed E-state index contributed by atoms with van der Waals surface area (Å²) in [5.74, 6) is 0.953. The maximum atomic E-state index is 12.1. The van der Waals surface area contributed by atoms with Crippen molar-refractivity contribution < 1.29 is 14.3 Å². The van der Waals surface area contributed by atoms with Crippen molar-refractivity contribution in [2.24, 2.45) is 0 Å². The summed E-state index contributed by atoms with van der Waals surface area (Å²) >= 11 is 3.37. The Labute approximate surface area is 116 Å². The van der Waals surface area contributed by atoms with Gasteiger partial charge in [0, 0.05) is 6.04 Å². The van der Waals surface area contributed by atoms with E-state index in [9.17, 15) is 4.79 Å². The van der Waals surface area contributed by atoms with Crippen molar-refractivity contribution in [2.45, 2.75) is 26.3 Å². The van der Waals surface area contributed by atoms with Gasteiger partial charge in [0.05, 0.1) is 24.3 Å². The quantitative estimate of drug-likeness (QED) is 0.908. The van der Waals surface area contributed by atoms with Gasteiger partial charge in [0.2, 0.25) is 0 Å². The molecule has 1 unspecified atom stereocenters. The first-order chi connectivity index (χ1) is 8.53. The molecular weight excluding hydrogens is 298 g/mol. The first kappa shape index (κ1) is 14.8. The van der Waals surface area contributed by atoms with E-state index < -0.39 is 0 Å². The van der Waals surface area contributed by atoms with Crippen LogP contribution in [0, 0.1) is 0 Å². The van der Waals surface area contributed by atoms with E-state index >= 15 is 0 Å². The molecular formula is C13H18BrNO3. The summed E-state index contributed by atoms with van der Waals surface area (Å²) in [6.45, 7) is 3.98. The molecule has 1 aromatic rings. The van der Waals surface area contributed by atoms with Crippen molar-refractivity contribution in [3.05, 3.63) is 22.2 Å². The fourth-order valence-electron chi connectivity index (χ4n) is 1.47. The van der Waals surface area contributed by atoms with Crippen molar-refractivity contribution in [3.8, 4) is 11.5 Å². The Bertz CT molecular complexity index is 434. The number of hydrogen-bond acceptors (Lipinski definition) is 3. The molecule has 0 radical (unpaired) electrons. The fraction of sp³-hybridized carbons (Fsp3) is 0.462.